The molecule has 5 nitrogen and oxygen atoms in total. The molecule has 0 aliphatic carbocycles. The highest BCUT2D eigenvalue weighted by atomic mass is 16.5. The SMILES string of the molecule is COc1cc(O)c(C(=O)O)cc1C(C)O. The Morgan fingerprint density at radius 2 is 2.07 bits per heavy atom. The topological polar surface area (TPSA) is 87.0 Å². The predicted molar refractivity (Wildman–Crippen MR) is 52.3 cm³/mol. The molecular weight excluding hydrogens is 200 g/mol. The number of ether oxygens (including phenoxy) is 1. The minimum Gasteiger partial charge on any atom is -0.507 e. The van der Waals surface area contributed by atoms with Gasteiger partial charge in [-0.1, -0.05) is 0 Å². The van der Waals surface area contributed by atoms with Crippen LogP contribution in [0.3, 0.4) is 0 Å². The van der Waals surface area contributed by atoms with Gasteiger partial charge in [-0.3, -0.25) is 0 Å². The molecule has 0 bridgehead atoms. The molecule has 0 radical (unpaired) electrons. The van der Waals surface area contributed by atoms with Gasteiger partial charge in [0.05, 0.1) is 13.2 Å². The maximum atomic E-state index is 10.7. The van der Waals surface area contributed by atoms with Gasteiger partial charge in [-0.2, -0.15) is 0 Å². The Kier molecular flexibility index (Phi) is 3.16. The standard InChI is InChI=1S/C10H12O5/c1-5(11)6-3-7(10(13)14)8(12)4-9(6)15-2/h3-5,11-12H,1-2H3,(H,13,14). The lowest BCUT2D eigenvalue weighted by molar-refractivity contribution is 0.0693. The summed E-state index contributed by atoms with van der Waals surface area (Å²) in [5, 5.41) is 27.5. The first-order chi connectivity index (χ1) is 6.97. The summed E-state index contributed by atoms with van der Waals surface area (Å²) in [5.74, 6) is -1.38. The lowest BCUT2D eigenvalue weighted by atomic mass is 10.0. The third-order valence-electron chi connectivity index (χ3n) is 2.03. The van der Waals surface area contributed by atoms with Crippen molar-refractivity contribution in [2.24, 2.45) is 0 Å². The van der Waals surface area contributed by atoms with Crippen molar-refractivity contribution in [2.45, 2.75) is 13.0 Å². The lowest BCUT2D eigenvalue weighted by Crippen LogP contribution is -2.02. The first-order valence-electron chi connectivity index (χ1n) is 4.29. The molecule has 1 aromatic carbocycles. The number of benzene rings is 1. The molecule has 1 atom stereocenters. The number of carbonyl (C=O) groups is 1. The van der Waals surface area contributed by atoms with Crippen molar-refractivity contribution in [3.8, 4) is 11.5 Å². The Morgan fingerprint density at radius 3 is 2.47 bits per heavy atom. The Balaban J connectivity index is 3.37. The summed E-state index contributed by atoms with van der Waals surface area (Å²) >= 11 is 0. The number of phenols is 1. The van der Waals surface area contributed by atoms with Crippen LogP contribution in [0.1, 0.15) is 28.9 Å². The van der Waals surface area contributed by atoms with Gasteiger partial charge in [0.1, 0.15) is 17.1 Å². The summed E-state index contributed by atoms with van der Waals surface area (Å²) in [6.45, 7) is 1.49. The molecule has 0 heterocycles. The van der Waals surface area contributed by atoms with Crippen molar-refractivity contribution in [1.29, 1.82) is 0 Å². The van der Waals surface area contributed by atoms with E-state index in [1.165, 1.54) is 26.2 Å². The Morgan fingerprint density at radius 1 is 1.47 bits per heavy atom. The fourth-order valence-corrected chi connectivity index (χ4v) is 1.26. The summed E-state index contributed by atoms with van der Waals surface area (Å²) in [6, 6.07) is 2.37. The van der Waals surface area contributed by atoms with Crippen molar-refractivity contribution >= 4 is 5.97 Å². The molecule has 0 aliphatic heterocycles. The molecule has 82 valence electrons. The van der Waals surface area contributed by atoms with Crippen LogP contribution in [0.25, 0.3) is 0 Å². The van der Waals surface area contributed by atoms with E-state index in [0.717, 1.165) is 0 Å². The average Bonchev–Trinajstić information content (AvgIpc) is 2.16. The zero-order valence-electron chi connectivity index (χ0n) is 8.39. The molecule has 5 heteroatoms. The molecule has 1 rings (SSSR count). The second kappa shape index (κ2) is 4.18. The van der Waals surface area contributed by atoms with Gasteiger partial charge in [0.2, 0.25) is 0 Å². The maximum absolute atomic E-state index is 10.7. The van der Waals surface area contributed by atoms with Gasteiger partial charge in [-0.15, -0.1) is 0 Å². The predicted octanol–water partition coefficient (Wildman–Crippen LogP) is 1.15. The number of aromatic hydroxyl groups is 1. The molecular formula is C10H12O5. The second-order valence-electron chi connectivity index (χ2n) is 3.09. The van der Waals surface area contributed by atoms with E-state index in [0.29, 0.717) is 5.56 Å². The molecule has 3 N–H and O–H groups in total. The van der Waals surface area contributed by atoms with E-state index in [4.69, 9.17) is 9.84 Å². The third-order valence-corrected chi connectivity index (χ3v) is 2.03. The fraction of sp³-hybridized carbons (Fsp3) is 0.300. The summed E-state index contributed by atoms with van der Waals surface area (Å²) in [5.41, 5.74) is 0.0689. The highest BCUT2D eigenvalue weighted by Crippen LogP contribution is 2.32. The van der Waals surface area contributed by atoms with Gasteiger partial charge in [-0.25, -0.2) is 4.79 Å². The van der Waals surface area contributed by atoms with Crippen LogP contribution in [0, 0.1) is 0 Å². The highest BCUT2D eigenvalue weighted by molar-refractivity contribution is 5.91. The smallest absolute Gasteiger partial charge is 0.339 e. The van der Waals surface area contributed by atoms with Crippen LogP contribution < -0.4 is 4.74 Å². The van der Waals surface area contributed by atoms with E-state index in [1.807, 2.05) is 0 Å². The van der Waals surface area contributed by atoms with E-state index in [9.17, 15) is 15.0 Å². The van der Waals surface area contributed by atoms with Crippen LogP contribution in [0.4, 0.5) is 0 Å². The highest BCUT2D eigenvalue weighted by Gasteiger charge is 2.17. The number of aromatic carboxylic acids is 1. The summed E-state index contributed by atoms with van der Waals surface area (Å²) in [6.07, 6.45) is -0.862. The van der Waals surface area contributed by atoms with E-state index in [-0.39, 0.29) is 17.1 Å². The van der Waals surface area contributed by atoms with E-state index >= 15 is 0 Å². The normalized spacial score (nSPS) is 12.2. The molecule has 0 aromatic heterocycles. The minimum atomic E-state index is -1.25. The molecule has 0 fully saturated rings. The monoisotopic (exact) mass is 212 g/mol. The van der Waals surface area contributed by atoms with Crippen LogP contribution in [-0.2, 0) is 0 Å². The van der Waals surface area contributed by atoms with Crippen molar-refractivity contribution in [3.63, 3.8) is 0 Å². The van der Waals surface area contributed by atoms with Crippen LogP contribution >= 0.6 is 0 Å². The second-order valence-corrected chi connectivity index (χ2v) is 3.09. The van der Waals surface area contributed by atoms with Crippen molar-refractivity contribution in [2.75, 3.05) is 7.11 Å². The molecule has 0 amide bonds. The van der Waals surface area contributed by atoms with Gasteiger partial charge in [-0.05, 0) is 13.0 Å². The van der Waals surface area contributed by atoms with Crippen molar-refractivity contribution < 1.29 is 24.9 Å². The number of methoxy groups -OCH3 is 1. The number of carboxylic acid groups (broad SMARTS) is 1. The van der Waals surface area contributed by atoms with Gasteiger partial charge in [0.25, 0.3) is 0 Å². The molecule has 1 unspecified atom stereocenters. The van der Waals surface area contributed by atoms with Gasteiger partial charge >= 0.3 is 5.97 Å². The number of aliphatic hydroxyl groups is 1. The maximum Gasteiger partial charge on any atom is 0.339 e. The van der Waals surface area contributed by atoms with Gasteiger partial charge < -0.3 is 20.1 Å². The zero-order valence-corrected chi connectivity index (χ0v) is 8.39. The fourth-order valence-electron chi connectivity index (χ4n) is 1.26. The van der Waals surface area contributed by atoms with Crippen LogP contribution in [0.15, 0.2) is 12.1 Å². The molecule has 0 saturated heterocycles. The number of rotatable bonds is 3. The number of carboxylic acids is 1. The molecule has 0 aliphatic rings. The van der Waals surface area contributed by atoms with E-state index < -0.39 is 12.1 Å². The summed E-state index contributed by atoms with van der Waals surface area (Å²) in [7, 11) is 1.38. The van der Waals surface area contributed by atoms with Crippen LogP contribution in [0.5, 0.6) is 11.5 Å². The Hall–Kier alpha value is -1.75. The average molecular weight is 212 g/mol. The lowest BCUT2D eigenvalue weighted by Gasteiger charge is -2.12. The Bertz CT molecular complexity index is 384. The van der Waals surface area contributed by atoms with Crippen molar-refractivity contribution in [3.05, 3.63) is 23.3 Å². The quantitative estimate of drug-likeness (QED) is 0.699. The van der Waals surface area contributed by atoms with Crippen LogP contribution in [0.2, 0.25) is 0 Å². The van der Waals surface area contributed by atoms with Crippen LogP contribution in [-0.4, -0.2) is 28.4 Å². The molecule has 0 saturated carbocycles. The zero-order chi connectivity index (χ0) is 11.6. The number of aliphatic hydroxyl groups excluding tert-OH is 1. The first-order valence-corrected chi connectivity index (χ1v) is 4.29. The van der Waals surface area contributed by atoms with Crippen molar-refractivity contribution in [1.82, 2.24) is 0 Å². The number of hydrogen-bond acceptors (Lipinski definition) is 4. The summed E-state index contributed by atoms with van der Waals surface area (Å²) < 4.78 is 4.91. The molecule has 0 spiro atoms. The minimum absolute atomic E-state index is 0.257. The third kappa shape index (κ3) is 2.19. The Labute approximate surface area is 86.5 Å². The largest absolute Gasteiger partial charge is 0.507 e. The van der Waals surface area contributed by atoms with Gasteiger partial charge in [0, 0.05) is 11.6 Å². The number of hydrogen-bond donors (Lipinski definition) is 3. The van der Waals surface area contributed by atoms with E-state index in [2.05, 4.69) is 0 Å². The molecule has 1 aromatic rings. The van der Waals surface area contributed by atoms with E-state index in [1.54, 1.807) is 0 Å². The molecule has 15 heavy (non-hydrogen) atoms. The summed E-state index contributed by atoms with van der Waals surface area (Å²) in [4.78, 5) is 10.7. The first kappa shape index (κ1) is 11.3. The van der Waals surface area contributed by atoms with Gasteiger partial charge in [0.15, 0.2) is 0 Å².